The Morgan fingerprint density at radius 1 is 0.947 bits per heavy atom. The number of aromatic nitrogens is 2. The minimum Gasteiger partial charge on any atom is -0.138 e. The molecule has 1 heterocycles. The normalized spacial score (nSPS) is 10.6. The summed E-state index contributed by atoms with van der Waals surface area (Å²) in [5.74, 6) is 0. The van der Waals surface area contributed by atoms with Gasteiger partial charge in [0.1, 0.15) is 5.69 Å². The van der Waals surface area contributed by atoms with Crippen LogP contribution in [0.15, 0.2) is 53.9 Å². The van der Waals surface area contributed by atoms with Gasteiger partial charge in [0.05, 0.1) is 0 Å². The molecule has 0 unspecified atom stereocenters. The van der Waals surface area contributed by atoms with Crippen molar-refractivity contribution in [1.29, 1.82) is 0 Å². The molecular formula is C16H15N2S+. The van der Waals surface area contributed by atoms with Gasteiger partial charge in [0.2, 0.25) is 0 Å². The summed E-state index contributed by atoms with van der Waals surface area (Å²) in [5, 5.41) is 6.05. The van der Waals surface area contributed by atoms with Crippen molar-refractivity contribution in [2.45, 2.75) is 13.3 Å². The zero-order valence-electron chi connectivity index (χ0n) is 11.7. The van der Waals surface area contributed by atoms with Crippen LogP contribution in [0.3, 0.4) is 0 Å². The van der Waals surface area contributed by atoms with Crippen LogP contribution < -0.4 is 0 Å². The van der Waals surface area contributed by atoms with E-state index in [1.54, 1.807) is 0 Å². The van der Waals surface area contributed by atoms with E-state index in [1.807, 2.05) is 5.38 Å². The molecule has 0 N–H and O–H groups in total. The van der Waals surface area contributed by atoms with E-state index in [4.69, 9.17) is 0 Å². The molecule has 3 aromatic rings. The SMILES string of the molecule is Cc1ccc(Cc2ccc(-c3csnn3)cc2)cc1.[H+]. The van der Waals surface area contributed by atoms with Gasteiger partial charge in [-0.25, -0.2) is 0 Å². The Morgan fingerprint density at radius 3 is 2.16 bits per heavy atom. The van der Waals surface area contributed by atoms with Crippen molar-refractivity contribution in [2.24, 2.45) is 0 Å². The minimum absolute atomic E-state index is 0. The molecule has 0 fully saturated rings. The fourth-order valence-electron chi connectivity index (χ4n) is 2.03. The van der Waals surface area contributed by atoms with Crippen molar-refractivity contribution in [3.8, 4) is 11.3 Å². The van der Waals surface area contributed by atoms with Crippen LogP contribution in [0.25, 0.3) is 11.3 Å². The van der Waals surface area contributed by atoms with Gasteiger partial charge in [0.25, 0.3) is 0 Å². The van der Waals surface area contributed by atoms with Crippen LogP contribution in [0.4, 0.5) is 0 Å². The molecule has 3 heteroatoms. The zero-order chi connectivity index (χ0) is 13.1. The number of benzene rings is 2. The lowest BCUT2D eigenvalue weighted by molar-refractivity contribution is 1.15. The fourth-order valence-corrected chi connectivity index (χ4v) is 2.49. The number of hydrogen-bond acceptors (Lipinski definition) is 3. The van der Waals surface area contributed by atoms with Gasteiger partial charge in [0.15, 0.2) is 0 Å². The molecule has 2 nitrogen and oxygen atoms in total. The fraction of sp³-hybridized carbons (Fsp3) is 0.125. The smallest absolute Gasteiger partial charge is 0.138 e. The Morgan fingerprint density at radius 2 is 1.58 bits per heavy atom. The first-order valence-electron chi connectivity index (χ1n) is 6.23. The van der Waals surface area contributed by atoms with Crippen molar-refractivity contribution in [2.75, 3.05) is 0 Å². The van der Waals surface area contributed by atoms with Crippen LogP contribution >= 0.6 is 11.5 Å². The van der Waals surface area contributed by atoms with E-state index >= 15 is 0 Å². The number of hydrogen-bond donors (Lipinski definition) is 0. The minimum atomic E-state index is 0. The third kappa shape index (κ3) is 2.88. The molecule has 2 aromatic carbocycles. The summed E-state index contributed by atoms with van der Waals surface area (Å²) in [7, 11) is 0. The lowest BCUT2D eigenvalue weighted by Crippen LogP contribution is -1.88. The van der Waals surface area contributed by atoms with Gasteiger partial charge >= 0.3 is 1.43 Å². The highest BCUT2D eigenvalue weighted by Crippen LogP contribution is 2.19. The average molecular weight is 267 g/mol. The Kier molecular flexibility index (Phi) is 3.38. The van der Waals surface area contributed by atoms with Gasteiger partial charge in [0, 0.05) is 10.9 Å². The molecule has 1 aromatic heterocycles. The van der Waals surface area contributed by atoms with Crippen LogP contribution in [-0.4, -0.2) is 9.59 Å². The van der Waals surface area contributed by atoms with E-state index < -0.39 is 0 Å². The molecule has 0 radical (unpaired) electrons. The van der Waals surface area contributed by atoms with Crippen LogP contribution in [0, 0.1) is 6.92 Å². The summed E-state index contributed by atoms with van der Waals surface area (Å²) < 4.78 is 3.89. The number of aryl methyl sites for hydroxylation is 1. The van der Waals surface area contributed by atoms with Gasteiger partial charge in [-0.05, 0) is 36.0 Å². The first-order chi connectivity index (χ1) is 9.31. The molecular weight excluding hydrogens is 252 g/mol. The van der Waals surface area contributed by atoms with E-state index in [9.17, 15) is 0 Å². The van der Waals surface area contributed by atoms with Crippen LogP contribution in [0.5, 0.6) is 0 Å². The van der Waals surface area contributed by atoms with E-state index in [-0.39, 0.29) is 1.43 Å². The van der Waals surface area contributed by atoms with E-state index in [0.717, 1.165) is 17.7 Å². The predicted octanol–water partition coefficient (Wildman–Crippen LogP) is 4.22. The van der Waals surface area contributed by atoms with Crippen molar-refractivity contribution in [1.82, 2.24) is 9.59 Å². The average Bonchev–Trinajstić information content (AvgIpc) is 2.96. The molecule has 0 aliphatic carbocycles. The molecule has 0 saturated heterocycles. The lowest BCUT2D eigenvalue weighted by Gasteiger charge is -2.03. The second-order valence-corrected chi connectivity index (χ2v) is 5.26. The second-order valence-electron chi connectivity index (χ2n) is 4.65. The molecule has 0 amide bonds. The molecule has 0 aliphatic heterocycles. The third-order valence-electron chi connectivity index (χ3n) is 3.14. The third-order valence-corrected chi connectivity index (χ3v) is 3.64. The Balaban J connectivity index is 0.00000147. The lowest BCUT2D eigenvalue weighted by atomic mass is 10.0. The van der Waals surface area contributed by atoms with Crippen molar-refractivity contribution >= 4 is 11.5 Å². The highest BCUT2D eigenvalue weighted by Gasteiger charge is 2.01. The number of rotatable bonds is 3. The summed E-state index contributed by atoms with van der Waals surface area (Å²) in [6.07, 6.45) is 0.968. The maximum absolute atomic E-state index is 4.08. The molecule has 0 aliphatic rings. The zero-order valence-corrected chi connectivity index (χ0v) is 11.5. The highest BCUT2D eigenvalue weighted by atomic mass is 32.1. The maximum atomic E-state index is 4.08. The van der Waals surface area contributed by atoms with E-state index in [1.165, 1.54) is 28.2 Å². The Labute approximate surface area is 118 Å². The summed E-state index contributed by atoms with van der Waals surface area (Å²) in [5.41, 5.74) is 6.04. The van der Waals surface area contributed by atoms with Crippen molar-refractivity contribution in [3.63, 3.8) is 0 Å². The molecule has 0 spiro atoms. The van der Waals surface area contributed by atoms with Crippen molar-refractivity contribution in [3.05, 3.63) is 70.6 Å². The summed E-state index contributed by atoms with van der Waals surface area (Å²) >= 11 is 1.38. The van der Waals surface area contributed by atoms with E-state index in [0.29, 0.717) is 0 Å². The van der Waals surface area contributed by atoms with Gasteiger partial charge in [-0.3, -0.25) is 0 Å². The maximum Gasteiger partial charge on any atom is 1.00 e. The summed E-state index contributed by atoms with van der Waals surface area (Å²) in [6.45, 7) is 2.11. The molecule has 0 saturated carbocycles. The number of nitrogens with zero attached hydrogens (tertiary/aromatic N) is 2. The molecule has 3 rings (SSSR count). The molecule has 19 heavy (non-hydrogen) atoms. The first-order valence-corrected chi connectivity index (χ1v) is 7.07. The predicted molar refractivity (Wildman–Crippen MR) is 80.4 cm³/mol. The molecule has 0 bridgehead atoms. The quantitative estimate of drug-likeness (QED) is 0.710. The van der Waals surface area contributed by atoms with Crippen LogP contribution in [-0.2, 0) is 6.42 Å². The van der Waals surface area contributed by atoms with Gasteiger partial charge in [-0.15, -0.1) is 5.10 Å². The van der Waals surface area contributed by atoms with Crippen LogP contribution in [0.1, 0.15) is 18.1 Å². The van der Waals surface area contributed by atoms with Gasteiger partial charge in [-0.1, -0.05) is 58.6 Å². The van der Waals surface area contributed by atoms with Gasteiger partial charge < -0.3 is 0 Å². The van der Waals surface area contributed by atoms with Crippen molar-refractivity contribution < 1.29 is 1.43 Å². The largest absolute Gasteiger partial charge is 1.00 e. The van der Waals surface area contributed by atoms with E-state index in [2.05, 4.69) is 65.0 Å². The van der Waals surface area contributed by atoms with Gasteiger partial charge in [-0.2, -0.15) is 0 Å². The molecule has 94 valence electrons. The summed E-state index contributed by atoms with van der Waals surface area (Å²) in [6, 6.07) is 17.2. The second kappa shape index (κ2) is 5.33. The van der Waals surface area contributed by atoms with Crippen LogP contribution in [0.2, 0.25) is 0 Å². The highest BCUT2D eigenvalue weighted by molar-refractivity contribution is 7.03. The Hall–Kier alpha value is -2.00. The first kappa shape index (κ1) is 12.1. The molecule has 0 atom stereocenters. The Bertz CT molecular complexity index is 646. The topological polar surface area (TPSA) is 25.8 Å². The summed E-state index contributed by atoms with van der Waals surface area (Å²) in [4.78, 5) is 0. The standard InChI is InChI=1S/C16H14N2S/c1-12-2-4-13(5-3-12)10-14-6-8-15(9-7-14)16-11-19-18-17-16/h2-9,11H,10H2,1H3/p+1. The monoisotopic (exact) mass is 267 g/mol.